The molecule has 0 saturated carbocycles. The summed E-state index contributed by atoms with van der Waals surface area (Å²) in [5.41, 5.74) is -5.63. The van der Waals surface area contributed by atoms with Crippen molar-refractivity contribution in [3.8, 4) is 0 Å². The van der Waals surface area contributed by atoms with Crippen molar-refractivity contribution >= 4 is 17.8 Å². The van der Waals surface area contributed by atoms with Gasteiger partial charge in [0, 0.05) is 12.6 Å². The zero-order chi connectivity index (χ0) is 17.6. The molecular weight excluding hydrogens is 323 g/mol. The summed E-state index contributed by atoms with van der Waals surface area (Å²) in [5.74, 6) is -1.22. The fraction of sp³-hybridized carbons (Fsp3) is 0.545. The number of aromatic nitrogens is 2. The number of hydrazone groups is 1. The highest BCUT2D eigenvalue weighted by molar-refractivity contribution is 5.86. The maximum absolute atomic E-state index is 13.0. The van der Waals surface area contributed by atoms with Gasteiger partial charge in [-0.05, 0) is 13.8 Å². The lowest BCUT2D eigenvalue weighted by atomic mass is 10.0. The molecule has 1 N–H and O–H groups in total. The third kappa shape index (κ3) is 2.54. The fourth-order valence-corrected chi connectivity index (χ4v) is 1.96. The lowest BCUT2D eigenvalue weighted by molar-refractivity contribution is -0.385. The number of hydrogen-bond donors (Lipinski definition) is 1. The smallest absolute Gasteiger partial charge is 0.362 e. The summed E-state index contributed by atoms with van der Waals surface area (Å²) < 4.78 is 39.9. The Morgan fingerprint density at radius 1 is 1.48 bits per heavy atom. The van der Waals surface area contributed by atoms with Gasteiger partial charge in [0.2, 0.25) is 0 Å². The average molecular weight is 335 g/mol. The number of carbonyl (C=O) groups is 1. The van der Waals surface area contributed by atoms with Crippen LogP contribution in [0.2, 0.25) is 0 Å². The second kappa shape index (κ2) is 5.01. The second-order valence-corrected chi connectivity index (χ2v) is 5.39. The number of rotatable bonds is 3. The van der Waals surface area contributed by atoms with Crippen LogP contribution in [0.25, 0.3) is 0 Å². The summed E-state index contributed by atoms with van der Waals surface area (Å²) in [7, 11) is 0. The van der Waals surface area contributed by atoms with E-state index < -0.39 is 40.4 Å². The first-order valence-corrected chi connectivity index (χ1v) is 6.27. The van der Waals surface area contributed by atoms with Crippen molar-refractivity contribution in [1.29, 1.82) is 0 Å². The van der Waals surface area contributed by atoms with Crippen molar-refractivity contribution < 1.29 is 28.0 Å². The number of aliphatic hydroxyl groups is 1. The predicted molar refractivity (Wildman–Crippen MR) is 69.2 cm³/mol. The minimum Gasteiger partial charge on any atom is -0.362 e. The van der Waals surface area contributed by atoms with Crippen LogP contribution in [0.3, 0.4) is 0 Å². The standard InChI is InChI=1S/C11H12F3N5O4/c1-9(2,17-6-7(5-16-17)19(22)23)8(20)18-10(21,3-4-15-18)11(12,13)14/h4-6,21H,3H2,1-2H3. The van der Waals surface area contributed by atoms with E-state index in [1.807, 2.05) is 0 Å². The van der Waals surface area contributed by atoms with Gasteiger partial charge in [-0.1, -0.05) is 0 Å². The van der Waals surface area contributed by atoms with E-state index >= 15 is 0 Å². The molecule has 2 heterocycles. The van der Waals surface area contributed by atoms with E-state index in [4.69, 9.17) is 0 Å². The molecule has 1 amide bonds. The molecule has 9 nitrogen and oxygen atoms in total. The van der Waals surface area contributed by atoms with Crippen LogP contribution in [0.15, 0.2) is 17.5 Å². The third-order valence-corrected chi connectivity index (χ3v) is 3.45. The predicted octanol–water partition coefficient (Wildman–Crippen LogP) is 0.995. The van der Waals surface area contributed by atoms with E-state index in [9.17, 15) is 33.2 Å². The van der Waals surface area contributed by atoms with Gasteiger partial charge < -0.3 is 5.11 Å². The van der Waals surface area contributed by atoms with Crippen LogP contribution in [0.4, 0.5) is 18.9 Å². The molecule has 126 valence electrons. The van der Waals surface area contributed by atoms with Crippen LogP contribution in [0.1, 0.15) is 20.3 Å². The summed E-state index contributed by atoms with van der Waals surface area (Å²) in [5, 5.41) is 27.3. The number of alkyl halides is 3. The van der Waals surface area contributed by atoms with Gasteiger partial charge >= 0.3 is 11.9 Å². The molecule has 1 aromatic heterocycles. The van der Waals surface area contributed by atoms with Crippen LogP contribution < -0.4 is 0 Å². The van der Waals surface area contributed by atoms with Crippen LogP contribution in [0, 0.1) is 10.1 Å². The highest BCUT2D eigenvalue weighted by Crippen LogP contribution is 2.40. The lowest BCUT2D eigenvalue weighted by Crippen LogP contribution is -2.60. The lowest BCUT2D eigenvalue weighted by Gasteiger charge is -2.36. The number of nitrogens with zero attached hydrogens (tertiary/aromatic N) is 5. The Hall–Kier alpha value is -2.50. The minimum atomic E-state index is -5.12. The van der Waals surface area contributed by atoms with E-state index in [1.165, 1.54) is 13.8 Å². The zero-order valence-electron chi connectivity index (χ0n) is 12.0. The molecule has 0 radical (unpaired) electrons. The summed E-state index contributed by atoms with van der Waals surface area (Å²) in [4.78, 5) is 22.3. The first kappa shape index (κ1) is 16.9. The molecule has 0 aromatic carbocycles. The number of amides is 1. The Morgan fingerprint density at radius 3 is 2.57 bits per heavy atom. The SMILES string of the molecule is CC(C)(C(=O)N1N=CCC1(O)C(F)(F)F)n1cc([N+](=O)[O-])cn1. The topological polar surface area (TPSA) is 114 Å². The van der Waals surface area contributed by atoms with E-state index in [2.05, 4.69) is 10.2 Å². The molecule has 1 atom stereocenters. The summed E-state index contributed by atoms with van der Waals surface area (Å²) in [6, 6.07) is 0. The average Bonchev–Trinajstić information content (AvgIpc) is 3.04. The third-order valence-electron chi connectivity index (χ3n) is 3.45. The van der Waals surface area contributed by atoms with Crippen molar-refractivity contribution in [3.05, 3.63) is 22.5 Å². The van der Waals surface area contributed by atoms with Crippen LogP contribution in [-0.4, -0.2) is 48.8 Å². The van der Waals surface area contributed by atoms with E-state index in [-0.39, 0.29) is 5.01 Å². The molecule has 23 heavy (non-hydrogen) atoms. The highest BCUT2D eigenvalue weighted by atomic mass is 19.4. The second-order valence-electron chi connectivity index (χ2n) is 5.39. The largest absolute Gasteiger partial charge is 0.438 e. The molecule has 0 fully saturated rings. The van der Waals surface area contributed by atoms with Crippen molar-refractivity contribution in [2.75, 3.05) is 0 Å². The molecule has 12 heteroatoms. The molecule has 0 aliphatic carbocycles. The molecule has 1 aromatic rings. The van der Waals surface area contributed by atoms with Gasteiger partial charge in [0.25, 0.3) is 11.6 Å². The fourth-order valence-electron chi connectivity index (χ4n) is 1.96. The Morgan fingerprint density at radius 2 is 2.09 bits per heavy atom. The maximum atomic E-state index is 13.0. The van der Waals surface area contributed by atoms with E-state index in [0.717, 1.165) is 23.3 Å². The molecule has 0 saturated heterocycles. The summed E-state index contributed by atoms with van der Waals surface area (Å²) in [6.45, 7) is 2.41. The Labute approximate surface area is 127 Å². The highest BCUT2D eigenvalue weighted by Gasteiger charge is 2.63. The summed E-state index contributed by atoms with van der Waals surface area (Å²) >= 11 is 0. The van der Waals surface area contributed by atoms with E-state index in [0.29, 0.717) is 0 Å². The first-order valence-electron chi connectivity index (χ1n) is 6.27. The zero-order valence-corrected chi connectivity index (χ0v) is 12.0. The molecule has 1 aliphatic heterocycles. The van der Waals surface area contributed by atoms with E-state index in [1.54, 1.807) is 0 Å². The van der Waals surface area contributed by atoms with Crippen LogP contribution in [0.5, 0.6) is 0 Å². The Kier molecular flexibility index (Phi) is 3.67. The van der Waals surface area contributed by atoms with Gasteiger partial charge in [0.1, 0.15) is 17.9 Å². The normalized spacial score (nSPS) is 21.7. The molecule has 1 aliphatic rings. The molecule has 1 unspecified atom stereocenters. The number of hydrogen-bond acceptors (Lipinski definition) is 6. The van der Waals surface area contributed by atoms with Gasteiger partial charge in [-0.15, -0.1) is 0 Å². The molecular formula is C11H12F3N5O4. The van der Waals surface area contributed by atoms with Gasteiger partial charge in [-0.3, -0.25) is 19.6 Å². The minimum absolute atomic E-state index is 0.0689. The monoisotopic (exact) mass is 335 g/mol. The number of carbonyl (C=O) groups excluding carboxylic acids is 1. The van der Waals surface area contributed by atoms with Crippen molar-refractivity contribution in [3.63, 3.8) is 0 Å². The van der Waals surface area contributed by atoms with Gasteiger partial charge in [0.15, 0.2) is 0 Å². The maximum Gasteiger partial charge on any atom is 0.438 e. The molecule has 2 rings (SSSR count). The molecule has 0 spiro atoms. The van der Waals surface area contributed by atoms with Gasteiger partial charge in [0.05, 0.1) is 4.92 Å². The Balaban J connectivity index is 2.37. The summed E-state index contributed by atoms with van der Waals surface area (Å²) in [6.07, 6.45) is -3.49. The van der Waals surface area contributed by atoms with Crippen LogP contribution >= 0.6 is 0 Å². The molecule has 0 bridgehead atoms. The van der Waals surface area contributed by atoms with Gasteiger partial charge in [-0.25, -0.2) is 0 Å². The first-order chi connectivity index (χ1) is 10.4. The Bertz CT molecular complexity index is 683. The van der Waals surface area contributed by atoms with Crippen molar-refractivity contribution in [2.45, 2.75) is 37.7 Å². The van der Waals surface area contributed by atoms with Crippen LogP contribution in [-0.2, 0) is 10.3 Å². The quantitative estimate of drug-likeness (QED) is 0.654. The van der Waals surface area contributed by atoms with Crippen molar-refractivity contribution in [1.82, 2.24) is 14.8 Å². The number of nitro groups is 1. The number of halogens is 3. The van der Waals surface area contributed by atoms with Crippen molar-refractivity contribution in [2.24, 2.45) is 5.10 Å². The van der Waals surface area contributed by atoms with Gasteiger partial charge in [-0.2, -0.15) is 28.4 Å².